The van der Waals surface area contributed by atoms with Crippen LogP contribution in [0.1, 0.15) is 31.2 Å². The zero-order valence-corrected chi connectivity index (χ0v) is 10.9. The van der Waals surface area contributed by atoms with E-state index < -0.39 is 11.4 Å². The first-order valence-corrected chi connectivity index (χ1v) is 5.46. The van der Waals surface area contributed by atoms with Crippen molar-refractivity contribution in [1.29, 1.82) is 0 Å². The van der Waals surface area contributed by atoms with E-state index in [4.69, 9.17) is 0 Å². The molecule has 0 atom stereocenters. The van der Waals surface area contributed by atoms with E-state index in [-0.39, 0.29) is 35.6 Å². The third-order valence-electron chi connectivity index (χ3n) is 3.40. The Kier molecular flexibility index (Phi) is 8.64. The number of hydrogen-bond acceptors (Lipinski definition) is 3. The van der Waals surface area contributed by atoms with Crippen LogP contribution in [0.3, 0.4) is 0 Å². The van der Waals surface area contributed by atoms with E-state index in [1.165, 1.54) is 0 Å². The Bertz CT molecular complexity index is 408. The van der Waals surface area contributed by atoms with E-state index in [1.54, 1.807) is 0 Å². The second kappa shape index (κ2) is 8.13. The Morgan fingerprint density at radius 1 is 1.11 bits per heavy atom. The van der Waals surface area contributed by atoms with Crippen LogP contribution in [0.25, 0.3) is 0 Å². The monoisotopic (exact) mass is 260 g/mol. The molecular formula is C13H17LiO5. The predicted octanol–water partition coefficient (Wildman–Crippen LogP) is -1.85. The molecular weight excluding hydrogens is 243 g/mol. The van der Waals surface area contributed by atoms with Gasteiger partial charge in [0.25, 0.3) is 0 Å². The Morgan fingerprint density at radius 2 is 1.58 bits per heavy atom. The number of carboxylic acid groups (broad SMARTS) is 1. The number of aliphatic carboxylic acids is 1. The maximum absolute atomic E-state index is 11.5. The summed E-state index contributed by atoms with van der Waals surface area (Å²) in [6, 6.07) is 9.23. The Balaban J connectivity index is 0. The topological polar surface area (TPSA) is 116 Å². The fourth-order valence-corrected chi connectivity index (χ4v) is 2.34. The van der Waals surface area contributed by atoms with Crippen LogP contribution in [0, 0.1) is 0 Å². The largest absolute Gasteiger partial charge is 1.00 e. The van der Waals surface area contributed by atoms with Gasteiger partial charge in [0, 0.05) is 12.8 Å². The summed E-state index contributed by atoms with van der Waals surface area (Å²) in [5.74, 6) is -0.640. The number of carboxylic acids is 1. The van der Waals surface area contributed by atoms with Gasteiger partial charge < -0.3 is 16.1 Å². The van der Waals surface area contributed by atoms with Crippen molar-refractivity contribution in [3.8, 4) is 0 Å². The Labute approximate surface area is 123 Å². The summed E-state index contributed by atoms with van der Waals surface area (Å²) in [4.78, 5) is 22.7. The van der Waals surface area contributed by atoms with Gasteiger partial charge in [-0.2, -0.15) is 0 Å². The van der Waals surface area contributed by atoms with Crippen molar-refractivity contribution < 1.29 is 44.5 Å². The quantitative estimate of drug-likeness (QED) is 0.628. The molecule has 1 saturated carbocycles. The van der Waals surface area contributed by atoms with Gasteiger partial charge in [-0.3, -0.25) is 9.59 Å². The third-order valence-corrected chi connectivity index (χ3v) is 3.40. The van der Waals surface area contributed by atoms with Crippen LogP contribution >= 0.6 is 0 Å². The van der Waals surface area contributed by atoms with E-state index in [9.17, 15) is 14.7 Å². The molecule has 1 aliphatic carbocycles. The molecule has 1 aromatic rings. The fraction of sp³-hybridized carbons (Fsp3) is 0.385. The van der Waals surface area contributed by atoms with Crippen molar-refractivity contribution in [3.05, 3.63) is 35.9 Å². The Hall–Kier alpha value is -1.12. The molecule has 0 spiro atoms. The van der Waals surface area contributed by atoms with E-state index in [0.29, 0.717) is 25.7 Å². The molecule has 1 aliphatic rings. The SMILES string of the molecule is O.O=C1CCC(C(=O)O)(c2ccccc2)CC1.[Li+].[OH-]. The Morgan fingerprint density at radius 3 is 2.00 bits per heavy atom. The molecule has 0 radical (unpaired) electrons. The van der Waals surface area contributed by atoms with Crippen molar-refractivity contribution in [3.63, 3.8) is 0 Å². The standard InChI is InChI=1S/C13H14O3.Li.2H2O/c14-11-6-8-13(9-7-11,12(15)16)10-4-2-1-3-5-10;;;/h1-5H,6-9H2,(H,15,16);;2*1H2/q;+1;;/p-1. The fourth-order valence-electron chi connectivity index (χ4n) is 2.34. The number of hydrogen-bond donors (Lipinski definition) is 1. The minimum Gasteiger partial charge on any atom is -0.870 e. The van der Waals surface area contributed by atoms with E-state index >= 15 is 0 Å². The van der Waals surface area contributed by atoms with Crippen LogP contribution in [0.5, 0.6) is 0 Å². The van der Waals surface area contributed by atoms with Crippen molar-refractivity contribution in [2.75, 3.05) is 0 Å². The molecule has 0 aromatic heterocycles. The maximum Gasteiger partial charge on any atom is 1.00 e. The minimum absolute atomic E-state index is 0. The molecule has 6 heteroatoms. The van der Waals surface area contributed by atoms with Gasteiger partial charge in [0.2, 0.25) is 0 Å². The average Bonchev–Trinajstić information content (AvgIpc) is 2.31. The van der Waals surface area contributed by atoms with Crippen LogP contribution in [0.15, 0.2) is 30.3 Å². The minimum atomic E-state index is -0.852. The smallest absolute Gasteiger partial charge is 0.870 e. The van der Waals surface area contributed by atoms with Crippen molar-refractivity contribution in [1.82, 2.24) is 0 Å². The number of rotatable bonds is 2. The van der Waals surface area contributed by atoms with Crippen LogP contribution in [-0.2, 0) is 15.0 Å². The van der Waals surface area contributed by atoms with E-state index in [2.05, 4.69) is 0 Å². The first-order valence-electron chi connectivity index (χ1n) is 5.46. The zero-order chi connectivity index (χ0) is 11.6. The second-order valence-corrected chi connectivity index (χ2v) is 4.29. The van der Waals surface area contributed by atoms with Gasteiger partial charge in [-0.05, 0) is 18.4 Å². The molecule has 5 nitrogen and oxygen atoms in total. The summed E-state index contributed by atoms with van der Waals surface area (Å²) in [5.41, 5.74) is -0.0372. The molecule has 1 fully saturated rings. The molecule has 0 bridgehead atoms. The van der Waals surface area contributed by atoms with Gasteiger partial charge in [0.15, 0.2) is 0 Å². The first-order chi connectivity index (χ1) is 7.65. The molecule has 100 valence electrons. The van der Waals surface area contributed by atoms with Crippen molar-refractivity contribution >= 4 is 11.8 Å². The third kappa shape index (κ3) is 3.92. The summed E-state index contributed by atoms with van der Waals surface area (Å²) in [6.07, 6.45) is 1.60. The summed E-state index contributed by atoms with van der Waals surface area (Å²) in [7, 11) is 0. The molecule has 19 heavy (non-hydrogen) atoms. The molecule has 0 amide bonds. The average molecular weight is 260 g/mol. The molecule has 0 unspecified atom stereocenters. The number of carbonyl (C=O) groups excluding carboxylic acids is 1. The van der Waals surface area contributed by atoms with Crippen molar-refractivity contribution in [2.24, 2.45) is 0 Å². The molecule has 0 saturated heterocycles. The van der Waals surface area contributed by atoms with Crippen LogP contribution in [0.4, 0.5) is 0 Å². The summed E-state index contributed by atoms with van der Waals surface area (Å²) in [5, 5.41) is 9.42. The second-order valence-electron chi connectivity index (χ2n) is 4.29. The number of Topliss-reactive ketones (excluding diaryl/α,β-unsaturated/α-hetero) is 1. The normalized spacial score (nSPS) is 16.3. The van der Waals surface area contributed by atoms with Crippen LogP contribution in [0.2, 0.25) is 0 Å². The van der Waals surface area contributed by atoms with Crippen molar-refractivity contribution in [2.45, 2.75) is 31.1 Å². The van der Waals surface area contributed by atoms with Gasteiger partial charge in [-0.25, -0.2) is 0 Å². The van der Waals surface area contributed by atoms with E-state index in [1.807, 2.05) is 30.3 Å². The number of benzene rings is 1. The number of carbonyl (C=O) groups is 2. The zero-order valence-electron chi connectivity index (χ0n) is 10.9. The molecule has 0 aliphatic heterocycles. The maximum atomic E-state index is 11.5. The summed E-state index contributed by atoms with van der Waals surface area (Å²) < 4.78 is 0. The number of ketones is 1. The van der Waals surface area contributed by atoms with Gasteiger partial charge in [-0.1, -0.05) is 30.3 Å². The first kappa shape index (κ1) is 20.2. The van der Waals surface area contributed by atoms with Gasteiger partial charge in [0.1, 0.15) is 5.78 Å². The summed E-state index contributed by atoms with van der Waals surface area (Å²) >= 11 is 0. The predicted molar refractivity (Wildman–Crippen MR) is 64.8 cm³/mol. The van der Waals surface area contributed by atoms with Crippen LogP contribution in [-0.4, -0.2) is 27.8 Å². The van der Waals surface area contributed by atoms with Crippen LogP contribution < -0.4 is 18.9 Å². The molecule has 2 rings (SSSR count). The molecule has 0 heterocycles. The molecule has 1 aromatic carbocycles. The van der Waals surface area contributed by atoms with E-state index in [0.717, 1.165) is 5.56 Å². The van der Waals surface area contributed by atoms with Gasteiger partial charge in [0.05, 0.1) is 5.41 Å². The summed E-state index contributed by atoms with van der Waals surface area (Å²) in [6.45, 7) is 0. The van der Waals surface area contributed by atoms with Gasteiger partial charge in [-0.15, -0.1) is 0 Å². The van der Waals surface area contributed by atoms with Gasteiger partial charge >= 0.3 is 24.8 Å². The molecule has 4 N–H and O–H groups in total.